The fourth-order valence-corrected chi connectivity index (χ4v) is 4.28. The zero-order valence-corrected chi connectivity index (χ0v) is 18.6. The fourth-order valence-electron chi connectivity index (χ4n) is 3.49. The molecule has 0 N–H and O–H groups in total. The largest absolute Gasteiger partial charge is 0.462 e. The molecule has 1 aromatic carbocycles. The van der Waals surface area contributed by atoms with E-state index in [0.717, 1.165) is 18.8 Å². The Hall–Kier alpha value is -2.94. The van der Waals surface area contributed by atoms with Crippen molar-refractivity contribution in [1.82, 2.24) is 9.88 Å². The van der Waals surface area contributed by atoms with E-state index < -0.39 is 15.8 Å². The van der Waals surface area contributed by atoms with Gasteiger partial charge in [-0.25, -0.2) is 18.2 Å². The highest BCUT2D eigenvalue weighted by Crippen LogP contribution is 2.17. The van der Waals surface area contributed by atoms with Crippen LogP contribution >= 0.6 is 0 Å². The summed E-state index contributed by atoms with van der Waals surface area (Å²) in [5.41, 5.74) is 1.62. The SMILES string of the molecule is CCOC(=O)c1ccc(N2CCCN(C(=O)c3ccc(CS(C)(=O)=O)cc3)CC2)nc1. The van der Waals surface area contributed by atoms with Crippen LogP contribution in [0.3, 0.4) is 0 Å². The number of carbonyl (C=O) groups excluding carboxylic acids is 2. The van der Waals surface area contributed by atoms with Gasteiger partial charge in [0, 0.05) is 44.2 Å². The van der Waals surface area contributed by atoms with Gasteiger partial charge in [0.15, 0.2) is 9.84 Å². The van der Waals surface area contributed by atoms with Crippen LogP contribution < -0.4 is 4.90 Å². The lowest BCUT2D eigenvalue weighted by Crippen LogP contribution is -2.35. The van der Waals surface area contributed by atoms with Gasteiger partial charge in [-0.3, -0.25) is 4.79 Å². The van der Waals surface area contributed by atoms with Crippen molar-refractivity contribution in [1.29, 1.82) is 0 Å². The molecule has 0 spiro atoms. The number of pyridine rings is 1. The normalized spacial score (nSPS) is 14.8. The maximum absolute atomic E-state index is 12.9. The van der Waals surface area contributed by atoms with Gasteiger partial charge in [0.25, 0.3) is 5.91 Å². The van der Waals surface area contributed by atoms with Crippen molar-refractivity contribution in [2.24, 2.45) is 0 Å². The maximum atomic E-state index is 12.9. The lowest BCUT2D eigenvalue weighted by molar-refractivity contribution is 0.0525. The summed E-state index contributed by atoms with van der Waals surface area (Å²) in [5.74, 6) is 0.254. The molecule has 8 nitrogen and oxygen atoms in total. The first-order valence-electron chi connectivity index (χ1n) is 10.2. The van der Waals surface area contributed by atoms with Crippen molar-refractivity contribution in [3.8, 4) is 0 Å². The number of aromatic nitrogens is 1. The Morgan fingerprint density at radius 3 is 2.32 bits per heavy atom. The lowest BCUT2D eigenvalue weighted by atomic mass is 10.1. The third kappa shape index (κ3) is 6.27. The minimum absolute atomic E-state index is 0.0396. The zero-order chi connectivity index (χ0) is 22.4. The Balaban J connectivity index is 1.61. The molecule has 0 saturated carbocycles. The van der Waals surface area contributed by atoms with Crippen LogP contribution in [0.25, 0.3) is 0 Å². The van der Waals surface area contributed by atoms with Crippen molar-refractivity contribution in [3.63, 3.8) is 0 Å². The van der Waals surface area contributed by atoms with Gasteiger partial charge < -0.3 is 14.5 Å². The van der Waals surface area contributed by atoms with Crippen molar-refractivity contribution in [3.05, 3.63) is 59.3 Å². The molecule has 1 aromatic heterocycles. The summed E-state index contributed by atoms with van der Waals surface area (Å²) in [6.07, 6.45) is 3.49. The van der Waals surface area contributed by atoms with Crippen LogP contribution in [0.1, 0.15) is 39.6 Å². The Morgan fingerprint density at radius 1 is 1.00 bits per heavy atom. The molecule has 1 aliphatic rings. The zero-order valence-electron chi connectivity index (χ0n) is 17.8. The predicted molar refractivity (Wildman–Crippen MR) is 118 cm³/mol. The molecule has 166 valence electrons. The number of amides is 1. The number of carbonyl (C=O) groups is 2. The minimum Gasteiger partial charge on any atom is -0.462 e. The molecule has 1 fully saturated rings. The van der Waals surface area contributed by atoms with Crippen molar-refractivity contribution in [2.75, 3.05) is 43.9 Å². The standard InChI is InChI=1S/C22H27N3O5S/c1-3-30-22(27)19-9-10-20(23-15-19)24-11-4-12-25(14-13-24)21(26)18-7-5-17(6-8-18)16-31(2,28)29/h5-10,15H,3-4,11-14,16H2,1-2H3. The molecular weight excluding hydrogens is 418 g/mol. The maximum Gasteiger partial charge on any atom is 0.339 e. The molecule has 31 heavy (non-hydrogen) atoms. The Morgan fingerprint density at radius 2 is 1.71 bits per heavy atom. The number of benzene rings is 1. The van der Waals surface area contributed by atoms with Gasteiger partial charge in [-0.15, -0.1) is 0 Å². The molecule has 2 aromatic rings. The van der Waals surface area contributed by atoms with E-state index in [2.05, 4.69) is 9.88 Å². The summed E-state index contributed by atoms with van der Waals surface area (Å²) in [6.45, 7) is 4.63. The third-order valence-electron chi connectivity index (χ3n) is 5.00. The Labute approximate surface area is 182 Å². The highest BCUT2D eigenvalue weighted by Gasteiger charge is 2.21. The molecule has 0 aliphatic carbocycles. The summed E-state index contributed by atoms with van der Waals surface area (Å²) in [6, 6.07) is 10.2. The molecule has 1 amide bonds. The van der Waals surface area contributed by atoms with Gasteiger partial charge in [0.05, 0.1) is 17.9 Å². The first kappa shape index (κ1) is 22.7. The number of esters is 1. The number of nitrogens with zero attached hydrogens (tertiary/aromatic N) is 3. The highest BCUT2D eigenvalue weighted by atomic mass is 32.2. The summed E-state index contributed by atoms with van der Waals surface area (Å²) in [5, 5.41) is 0. The number of anilines is 1. The van der Waals surface area contributed by atoms with Crippen molar-refractivity contribution in [2.45, 2.75) is 19.1 Å². The minimum atomic E-state index is -3.11. The second-order valence-electron chi connectivity index (χ2n) is 7.53. The van der Waals surface area contributed by atoms with E-state index >= 15 is 0 Å². The number of sulfone groups is 1. The molecule has 1 saturated heterocycles. The van der Waals surface area contributed by atoms with Crippen LogP contribution in [0, 0.1) is 0 Å². The van der Waals surface area contributed by atoms with Crippen molar-refractivity contribution >= 4 is 27.5 Å². The van der Waals surface area contributed by atoms with E-state index in [-0.39, 0.29) is 11.7 Å². The molecule has 1 aliphatic heterocycles. The van der Waals surface area contributed by atoms with Gasteiger partial charge in [-0.05, 0) is 43.2 Å². The first-order chi connectivity index (χ1) is 14.8. The van der Waals surface area contributed by atoms with E-state index in [1.165, 1.54) is 12.5 Å². The van der Waals surface area contributed by atoms with Crippen molar-refractivity contribution < 1.29 is 22.7 Å². The van der Waals surface area contributed by atoms with Gasteiger partial charge in [0.2, 0.25) is 0 Å². The summed E-state index contributed by atoms with van der Waals surface area (Å²) < 4.78 is 27.8. The van der Waals surface area contributed by atoms with E-state index in [1.807, 2.05) is 0 Å². The molecular formula is C22H27N3O5S. The molecule has 0 radical (unpaired) electrons. The fraction of sp³-hybridized carbons (Fsp3) is 0.409. The first-order valence-corrected chi connectivity index (χ1v) is 12.3. The molecule has 9 heteroatoms. The number of hydrogen-bond donors (Lipinski definition) is 0. The number of hydrogen-bond acceptors (Lipinski definition) is 7. The van der Waals surface area contributed by atoms with E-state index in [4.69, 9.17) is 4.74 Å². The summed E-state index contributed by atoms with van der Waals surface area (Å²) >= 11 is 0. The third-order valence-corrected chi connectivity index (χ3v) is 5.85. The second-order valence-corrected chi connectivity index (χ2v) is 9.67. The molecule has 0 atom stereocenters. The van der Waals surface area contributed by atoms with Gasteiger partial charge in [-0.2, -0.15) is 0 Å². The van der Waals surface area contributed by atoms with E-state index in [9.17, 15) is 18.0 Å². The van der Waals surface area contributed by atoms with Crippen LogP contribution in [0.2, 0.25) is 0 Å². The average Bonchev–Trinajstić information content (AvgIpc) is 2.99. The van der Waals surface area contributed by atoms with Gasteiger partial charge in [-0.1, -0.05) is 12.1 Å². The van der Waals surface area contributed by atoms with Crippen LogP contribution in [0.4, 0.5) is 5.82 Å². The Kier molecular flexibility index (Phi) is 7.27. The monoisotopic (exact) mass is 445 g/mol. The van der Waals surface area contributed by atoms with Gasteiger partial charge in [0.1, 0.15) is 5.82 Å². The predicted octanol–water partition coefficient (Wildman–Crippen LogP) is 2.16. The van der Waals surface area contributed by atoms with Crippen LogP contribution in [-0.4, -0.2) is 69.2 Å². The number of ether oxygens (including phenoxy) is 1. The van der Waals surface area contributed by atoms with Crippen LogP contribution in [0.5, 0.6) is 0 Å². The Bertz CT molecular complexity index is 1020. The average molecular weight is 446 g/mol. The quantitative estimate of drug-likeness (QED) is 0.629. The summed E-state index contributed by atoms with van der Waals surface area (Å²) in [4.78, 5) is 33.0. The second kappa shape index (κ2) is 9.91. The van der Waals surface area contributed by atoms with Gasteiger partial charge >= 0.3 is 5.97 Å². The van der Waals surface area contributed by atoms with E-state index in [1.54, 1.807) is 48.2 Å². The highest BCUT2D eigenvalue weighted by molar-refractivity contribution is 7.89. The topological polar surface area (TPSA) is 96.9 Å². The van der Waals surface area contributed by atoms with Crippen LogP contribution in [-0.2, 0) is 20.3 Å². The molecule has 0 bridgehead atoms. The van der Waals surface area contributed by atoms with E-state index in [0.29, 0.717) is 42.9 Å². The lowest BCUT2D eigenvalue weighted by Gasteiger charge is -2.23. The molecule has 0 unspecified atom stereocenters. The van der Waals surface area contributed by atoms with Crippen LogP contribution in [0.15, 0.2) is 42.6 Å². The molecule has 2 heterocycles. The molecule has 3 rings (SSSR count). The summed E-state index contributed by atoms with van der Waals surface area (Å²) in [7, 11) is -3.11. The number of rotatable bonds is 6. The smallest absolute Gasteiger partial charge is 0.339 e.